The molecule has 0 N–H and O–H groups in total. The zero-order chi connectivity index (χ0) is 9.94. The lowest BCUT2D eigenvalue weighted by atomic mass is 10.1. The molecule has 76 valence electrons. The van der Waals surface area contributed by atoms with Crippen LogP contribution >= 0.6 is 15.9 Å². The third-order valence-electron chi connectivity index (χ3n) is 1.97. The van der Waals surface area contributed by atoms with Crippen LogP contribution in [0.4, 0.5) is 0 Å². The number of rotatable bonds is 8. The zero-order valence-electron chi connectivity index (χ0n) is 8.39. The topological polar surface area (TPSA) is 17.1 Å². The van der Waals surface area contributed by atoms with Gasteiger partial charge in [-0.1, -0.05) is 45.1 Å². The van der Waals surface area contributed by atoms with Gasteiger partial charge < -0.3 is 0 Å². The fourth-order valence-electron chi connectivity index (χ4n) is 1.22. The standard InChI is InChI=1S/C11H19BrO/c1-2-3-4-5-6-7-8-9-10-11(12)13/h9-10H,2-8H2,1H3. The van der Waals surface area contributed by atoms with Crippen LogP contribution in [-0.4, -0.2) is 4.69 Å². The van der Waals surface area contributed by atoms with Gasteiger partial charge in [-0.15, -0.1) is 0 Å². The van der Waals surface area contributed by atoms with Crippen LogP contribution in [0.5, 0.6) is 0 Å². The van der Waals surface area contributed by atoms with Crippen molar-refractivity contribution in [1.29, 1.82) is 0 Å². The molecule has 0 heterocycles. The van der Waals surface area contributed by atoms with E-state index >= 15 is 0 Å². The molecule has 0 aromatic rings. The van der Waals surface area contributed by atoms with Gasteiger partial charge in [0.15, 0.2) is 0 Å². The van der Waals surface area contributed by atoms with Gasteiger partial charge in [-0.05, 0) is 34.8 Å². The van der Waals surface area contributed by atoms with Gasteiger partial charge in [-0.2, -0.15) is 0 Å². The van der Waals surface area contributed by atoms with Gasteiger partial charge in [0.1, 0.15) is 0 Å². The Morgan fingerprint density at radius 2 is 1.77 bits per heavy atom. The molecule has 0 aliphatic carbocycles. The van der Waals surface area contributed by atoms with E-state index in [2.05, 4.69) is 22.9 Å². The molecule has 0 saturated heterocycles. The molecular weight excluding hydrogens is 228 g/mol. The maximum Gasteiger partial charge on any atom is 0.220 e. The van der Waals surface area contributed by atoms with Crippen molar-refractivity contribution >= 4 is 20.6 Å². The van der Waals surface area contributed by atoms with E-state index in [0.29, 0.717) is 0 Å². The lowest BCUT2D eigenvalue weighted by Crippen LogP contribution is -1.78. The van der Waals surface area contributed by atoms with E-state index in [9.17, 15) is 4.79 Å². The maximum absolute atomic E-state index is 10.4. The highest BCUT2D eigenvalue weighted by Crippen LogP contribution is 2.07. The Balaban J connectivity index is 3.03. The number of carbonyl (C=O) groups excluding carboxylic acids is 1. The Kier molecular flexibility index (Phi) is 9.89. The summed E-state index contributed by atoms with van der Waals surface area (Å²) in [5.41, 5.74) is 0. The van der Waals surface area contributed by atoms with Crippen LogP contribution in [0.15, 0.2) is 12.2 Å². The smallest absolute Gasteiger partial charge is 0.220 e. The first-order valence-corrected chi connectivity index (χ1v) is 5.92. The summed E-state index contributed by atoms with van der Waals surface area (Å²) in [6.07, 6.45) is 12.4. The average Bonchev–Trinajstić information content (AvgIpc) is 2.09. The quantitative estimate of drug-likeness (QED) is 0.356. The normalized spacial score (nSPS) is 10.9. The Labute approximate surface area is 89.7 Å². The van der Waals surface area contributed by atoms with E-state index in [1.807, 2.05) is 6.08 Å². The molecule has 0 spiro atoms. The Bertz CT molecular complexity index is 152. The predicted octanol–water partition coefficient (Wildman–Crippen LogP) is 4.21. The van der Waals surface area contributed by atoms with Gasteiger partial charge in [0, 0.05) is 0 Å². The summed E-state index contributed by atoms with van der Waals surface area (Å²) in [6, 6.07) is 0. The monoisotopic (exact) mass is 246 g/mol. The first kappa shape index (κ1) is 12.9. The molecule has 0 atom stereocenters. The lowest BCUT2D eigenvalue weighted by molar-refractivity contribution is -0.106. The van der Waals surface area contributed by atoms with E-state index in [1.54, 1.807) is 6.08 Å². The number of allylic oxidation sites excluding steroid dienone is 2. The van der Waals surface area contributed by atoms with Crippen molar-refractivity contribution in [2.75, 3.05) is 0 Å². The lowest BCUT2D eigenvalue weighted by Gasteiger charge is -1.97. The molecule has 0 fully saturated rings. The maximum atomic E-state index is 10.4. The van der Waals surface area contributed by atoms with Crippen LogP contribution in [0.3, 0.4) is 0 Å². The van der Waals surface area contributed by atoms with Gasteiger partial charge in [0.05, 0.1) is 0 Å². The second-order valence-corrected chi connectivity index (χ2v) is 4.04. The van der Waals surface area contributed by atoms with Crippen LogP contribution in [0.25, 0.3) is 0 Å². The van der Waals surface area contributed by atoms with Crippen LogP contribution in [0.1, 0.15) is 51.9 Å². The molecule has 0 aliphatic heterocycles. The van der Waals surface area contributed by atoms with Crippen molar-refractivity contribution in [3.63, 3.8) is 0 Å². The number of halogens is 1. The van der Waals surface area contributed by atoms with Gasteiger partial charge in [0.2, 0.25) is 4.69 Å². The minimum atomic E-state index is -0.0292. The molecule has 2 heteroatoms. The van der Waals surface area contributed by atoms with Gasteiger partial charge in [0.25, 0.3) is 0 Å². The number of carbonyl (C=O) groups is 1. The molecule has 0 aromatic heterocycles. The molecule has 0 rings (SSSR count). The average molecular weight is 247 g/mol. The number of hydrogen-bond donors (Lipinski definition) is 0. The number of unbranched alkanes of at least 4 members (excludes halogenated alkanes) is 6. The van der Waals surface area contributed by atoms with Crippen molar-refractivity contribution in [2.45, 2.75) is 51.9 Å². The molecule has 0 aromatic carbocycles. The summed E-state index contributed by atoms with van der Waals surface area (Å²) >= 11 is 2.85. The van der Waals surface area contributed by atoms with Crippen molar-refractivity contribution in [3.8, 4) is 0 Å². The zero-order valence-corrected chi connectivity index (χ0v) is 9.98. The van der Waals surface area contributed by atoms with E-state index in [4.69, 9.17) is 0 Å². The Morgan fingerprint density at radius 3 is 2.38 bits per heavy atom. The van der Waals surface area contributed by atoms with Crippen molar-refractivity contribution in [1.82, 2.24) is 0 Å². The fourth-order valence-corrected chi connectivity index (χ4v) is 1.41. The highest BCUT2D eigenvalue weighted by Gasteiger charge is 1.88. The second kappa shape index (κ2) is 9.97. The van der Waals surface area contributed by atoms with E-state index in [1.165, 1.54) is 38.5 Å². The summed E-state index contributed by atoms with van der Waals surface area (Å²) in [7, 11) is 0. The molecule has 0 amide bonds. The van der Waals surface area contributed by atoms with Gasteiger partial charge in [-0.25, -0.2) is 0 Å². The third kappa shape index (κ3) is 11.9. The first-order chi connectivity index (χ1) is 6.27. The van der Waals surface area contributed by atoms with E-state index in [-0.39, 0.29) is 4.69 Å². The summed E-state index contributed by atoms with van der Waals surface area (Å²) in [6.45, 7) is 2.23. The minimum absolute atomic E-state index is 0.0292. The van der Waals surface area contributed by atoms with Gasteiger partial charge in [-0.3, -0.25) is 4.79 Å². The molecule has 0 saturated carbocycles. The third-order valence-corrected chi connectivity index (χ3v) is 2.24. The highest BCUT2D eigenvalue weighted by atomic mass is 79.9. The molecule has 13 heavy (non-hydrogen) atoms. The summed E-state index contributed by atoms with van der Waals surface area (Å²) in [5.74, 6) is 0. The fraction of sp³-hybridized carbons (Fsp3) is 0.727. The first-order valence-electron chi connectivity index (χ1n) is 5.13. The molecular formula is C11H19BrO. The van der Waals surface area contributed by atoms with Crippen LogP contribution in [-0.2, 0) is 4.79 Å². The predicted molar refractivity (Wildman–Crippen MR) is 61.1 cm³/mol. The van der Waals surface area contributed by atoms with Crippen molar-refractivity contribution in [3.05, 3.63) is 12.2 Å². The van der Waals surface area contributed by atoms with Crippen molar-refractivity contribution < 1.29 is 4.79 Å². The minimum Gasteiger partial charge on any atom is -0.282 e. The summed E-state index contributed by atoms with van der Waals surface area (Å²) in [4.78, 5) is 10.4. The van der Waals surface area contributed by atoms with E-state index in [0.717, 1.165) is 6.42 Å². The Morgan fingerprint density at radius 1 is 1.15 bits per heavy atom. The molecule has 0 radical (unpaired) electrons. The highest BCUT2D eigenvalue weighted by molar-refractivity contribution is 9.18. The molecule has 0 unspecified atom stereocenters. The molecule has 1 nitrogen and oxygen atoms in total. The van der Waals surface area contributed by atoms with Gasteiger partial charge >= 0.3 is 0 Å². The summed E-state index contributed by atoms with van der Waals surface area (Å²) < 4.78 is -0.0292. The van der Waals surface area contributed by atoms with E-state index < -0.39 is 0 Å². The summed E-state index contributed by atoms with van der Waals surface area (Å²) in [5, 5.41) is 0. The second-order valence-electron chi connectivity index (χ2n) is 3.26. The van der Waals surface area contributed by atoms with Crippen molar-refractivity contribution in [2.24, 2.45) is 0 Å². The molecule has 0 bridgehead atoms. The largest absolute Gasteiger partial charge is 0.282 e. The number of hydrogen-bond acceptors (Lipinski definition) is 1. The SMILES string of the molecule is CCCCCCCCC=CC(=O)Br. The van der Waals surface area contributed by atoms with Crippen LogP contribution in [0, 0.1) is 0 Å². The Hall–Kier alpha value is -0.110. The van der Waals surface area contributed by atoms with Crippen LogP contribution < -0.4 is 0 Å². The molecule has 0 aliphatic rings. The van der Waals surface area contributed by atoms with Crippen LogP contribution in [0.2, 0.25) is 0 Å².